The van der Waals surface area contributed by atoms with E-state index >= 15 is 4.39 Å². The van der Waals surface area contributed by atoms with Crippen LogP contribution in [0, 0.1) is 18.7 Å². The van der Waals surface area contributed by atoms with Crippen LogP contribution in [0.3, 0.4) is 0 Å². The standard InChI is InChI=1S/C35H34ClFN8O3S/c1-17-30(39-45-15-22(11-25(37)32(17)45)35(46)43-16-26-31(38-26)18(43)2)28-13-21-8-7-20(12-27(21)44(28)14-19-5-6-19)23-9-10-24(36)29-33(23)42(3)40-34(29)41-49(4,47)48/h7-13,15,18-19,26,31,38H,5-6,14,16H2,1-4H3,(H,40,41)/t18?,26?,31-/m0/s1. The highest BCUT2D eigenvalue weighted by atomic mass is 35.5. The van der Waals surface area contributed by atoms with Crippen LogP contribution in [0.4, 0.5) is 10.2 Å². The van der Waals surface area contributed by atoms with Gasteiger partial charge in [0.1, 0.15) is 17.0 Å². The summed E-state index contributed by atoms with van der Waals surface area (Å²) in [6, 6.07) is 14.0. The van der Waals surface area contributed by atoms with Crippen molar-refractivity contribution in [3.8, 4) is 22.5 Å². The van der Waals surface area contributed by atoms with E-state index in [0.717, 1.165) is 53.4 Å². The van der Waals surface area contributed by atoms with Crippen LogP contribution in [0.25, 0.3) is 49.8 Å². The number of likely N-dealkylation sites (tertiary alicyclic amines) is 1. The van der Waals surface area contributed by atoms with Gasteiger partial charge in [0, 0.05) is 66.5 Å². The lowest BCUT2D eigenvalue weighted by molar-refractivity contribution is 0.0726. The number of hydrogen-bond acceptors (Lipinski definition) is 6. The maximum atomic E-state index is 15.8. The number of aryl methyl sites for hydroxylation is 2. The zero-order chi connectivity index (χ0) is 34.1. The molecular formula is C35H34ClFN8O3S. The van der Waals surface area contributed by atoms with E-state index in [1.54, 1.807) is 24.0 Å². The van der Waals surface area contributed by atoms with E-state index < -0.39 is 15.8 Å². The van der Waals surface area contributed by atoms with Crippen LogP contribution in [0.2, 0.25) is 5.02 Å². The Bertz CT molecular complexity index is 2520. The number of pyridine rings is 1. The SMILES string of the molecule is Cc1c(-c2cc3ccc(-c4ccc(Cl)c5c(NS(C)(=O)=O)nn(C)c45)cc3n2CC2CC2)nn2cc(C(=O)N3CC4N[C@H]4C3C)cc(F)c12. The number of anilines is 1. The van der Waals surface area contributed by atoms with Crippen molar-refractivity contribution in [3.63, 3.8) is 0 Å². The summed E-state index contributed by atoms with van der Waals surface area (Å²) in [5.41, 5.74) is 6.36. The second-order valence-electron chi connectivity index (χ2n) is 13.9. The van der Waals surface area contributed by atoms with Crippen LogP contribution < -0.4 is 10.0 Å². The van der Waals surface area contributed by atoms with Gasteiger partial charge in [0.15, 0.2) is 5.82 Å². The van der Waals surface area contributed by atoms with Crippen LogP contribution >= 0.6 is 11.6 Å². The molecule has 49 heavy (non-hydrogen) atoms. The summed E-state index contributed by atoms with van der Waals surface area (Å²) in [5.74, 6) is 0.0482. The predicted octanol–water partition coefficient (Wildman–Crippen LogP) is 5.58. The third-order valence-electron chi connectivity index (χ3n) is 10.4. The van der Waals surface area contributed by atoms with E-state index in [1.165, 1.54) is 10.6 Å². The number of benzene rings is 2. The van der Waals surface area contributed by atoms with Crippen LogP contribution in [0.1, 0.15) is 35.7 Å². The Hall–Kier alpha value is -4.46. The molecule has 1 amide bonds. The summed E-state index contributed by atoms with van der Waals surface area (Å²) in [7, 11) is -1.82. The highest BCUT2D eigenvalue weighted by Crippen LogP contribution is 2.41. The molecule has 252 valence electrons. The van der Waals surface area contributed by atoms with Gasteiger partial charge in [0.05, 0.1) is 33.4 Å². The van der Waals surface area contributed by atoms with E-state index in [9.17, 15) is 13.2 Å². The molecule has 2 unspecified atom stereocenters. The number of aromatic nitrogens is 5. The van der Waals surface area contributed by atoms with E-state index in [0.29, 0.717) is 57.2 Å². The lowest BCUT2D eigenvalue weighted by atomic mass is 10.0. The number of sulfonamides is 1. The third-order valence-corrected chi connectivity index (χ3v) is 11.3. The van der Waals surface area contributed by atoms with Gasteiger partial charge in [0.2, 0.25) is 10.0 Å². The smallest absolute Gasteiger partial charge is 0.255 e. The molecule has 9 rings (SSSR count). The Kier molecular flexibility index (Phi) is 6.57. The van der Waals surface area contributed by atoms with Crippen molar-refractivity contribution in [1.82, 2.24) is 34.2 Å². The first kappa shape index (κ1) is 30.6. The predicted molar refractivity (Wildman–Crippen MR) is 188 cm³/mol. The van der Waals surface area contributed by atoms with Crippen LogP contribution in [-0.4, -0.2) is 74.1 Å². The first-order chi connectivity index (χ1) is 23.4. The normalized spacial score (nSPS) is 20.5. The van der Waals surface area contributed by atoms with Crippen molar-refractivity contribution >= 4 is 60.7 Å². The molecule has 6 heterocycles. The first-order valence-corrected chi connectivity index (χ1v) is 18.7. The van der Waals surface area contributed by atoms with Crippen molar-refractivity contribution in [3.05, 3.63) is 70.6 Å². The fourth-order valence-electron chi connectivity index (χ4n) is 7.70. The summed E-state index contributed by atoms with van der Waals surface area (Å²) in [4.78, 5) is 15.3. The Morgan fingerprint density at radius 2 is 1.92 bits per heavy atom. The number of hydrogen-bond donors (Lipinski definition) is 2. The van der Waals surface area contributed by atoms with Gasteiger partial charge in [-0.25, -0.2) is 17.3 Å². The van der Waals surface area contributed by atoms with Gasteiger partial charge < -0.3 is 14.8 Å². The van der Waals surface area contributed by atoms with Gasteiger partial charge >= 0.3 is 0 Å². The molecule has 2 aromatic carbocycles. The van der Waals surface area contributed by atoms with Gasteiger partial charge in [-0.2, -0.15) is 10.2 Å². The Morgan fingerprint density at radius 3 is 2.63 bits per heavy atom. The second-order valence-corrected chi connectivity index (χ2v) is 16.0. The Morgan fingerprint density at radius 1 is 1.12 bits per heavy atom. The molecule has 6 aromatic rings. The van der Waals surface area contributed by atoms with Crippen molar-refractivity contribution < 1.29 is 17.6 Å². The maximum Gasteiger partial charge on any atom is 0.255 e. The summed E-state index contributed by atoms with van der Waals surface area (Å²) < 4.78 is 47.9. The number of carbonyl (C=O) groups is 1. The first-order valence-electron chi connectivity index (χ1n) is 16.4. The van der Waals surface area contributed by atoms with E-state index in [4.69, 9.17) is 16.7 Å². The summed E-state index contributed by atoms with van der Waals surface area (Å²) in [6.07, 6.45) is 5.01. The number of rotatable bonds is 7. The Balaban J connectivity index is 1.16. The maximum absolute atomic E-state index is 15.8. The van der Waals surface area contributed by atoms with Crippen LogP contribution in [-0.2, 0) is 23.6 Å². The van der Waals surface area contributed by atoms with Crippen molar-refractivity contribution in [1.29, 1.82) is 0 Å². The molecule has 14 heteroatoms. The molecule has 3 fully saturated rings. The largest absolute Gasteiger partial charge is 0.339 e. The average Bonchev–Trinajstić information content (AvgIpc) is 3.90. The topological polar surface area (TPSA) is 128 Å². The molecular weight excluding hydrogens is 667 g/mol. The minimum Gasteiger partial charge on any atom is -0.339 e. The monoisotopic (exact) mass is 700 g/mol. The fourth-order valence-corrected chi connectivity index (χ4v) is 8.44. The highest BCUT2D eigenvalue weighted by molar-refractivity contribution is 7.92. The second kappa shape index (κ2) is 10.5. The minimum absolute atomic E-state index is 0.0576. The number of carbonyl (C=O) groups excluding carboxylic acids is 1. The summed E-state index contributed by atoms with van der Waals surface area (Å²) >= 11 is 6.60. The molecule has 2 N–H and O–H groups in total. The van der Waals surface area contributed by atoms with Gasteiger partial charge in [-0.15, -0.1) is 0 Å². The molecule has 3 atom stereocenters. The van der Waals surface area contributed by atoms with E-state index in [-0.39, 0.29) is 23.3 Å². The molecule has 1 aliphatic carbocycles. The quantitative estimate of drug-likeness (QED) is 0.210. The molecule has 2 saturated heterocycles. The van der Waals surface area contributed by atoms with Crippen LogP contribution in [0.5, 0.6) is 0 Å². The molecule has 1 saturated carbocycles. The van der Waals surface area contributed by atoms with Crippen molar-refractivity contribution in [2.75, 3.05) is 17.5 Å². The Labute approximate surface area is 286 Å². The van der Waals surface area contributed by atoms with Crippen molar-refractivity contribution in [2.24, 2.45) is 13.0 Å². The number of fused-ring (bicyclic) bond motifs is 4. The van der Waals surface area contributed by atoms with E-state index in [2.05, 4.69) is 37.9 Å². The van der Waals surface area contributed by atoms with Gasteiger partial charge in [0.25, 0.3) is 5.91 Å². The van der Waals surface area contributed by atoms with Crippen molar-refractivity contribution in [2.45, 2.75) is 51.4 Å². The summed E-state index contributed by atoms with van der Waals surface area (Å²) in [6.45, 7) is 5.31. The molecule has 0 radical (unpaired) electrons. The third kappa shape index (κ3) is 4.92. The lowest BCUT2D eigenvalue weighted by Gasteiger charge is -2.24. The number of piperazine rings is 1. The zero-order valence-corrected chi connectivity index (χ0v) is 28.9. The molecule has 2 aliphatic heterocycles. The number of nitrogens with zero attached hydrogens (tertiary/aromatic N) is 6. The highest BCUT2D eigenvalue weighted by Gasteiger charge is 2.51. The zero-order valence-electron chi connectivity index (χ0n) is 27.3. The van der Waals surface area contributed by atoms with Gasteiger partial charge in [-0.1, -0.05) is 29.8 Å². The average molecular weight is 701 g/mol. The number of halogens is 2. The molecule has 3 aliphatic rings. The number of amides is 1. The van der Waals surface area contributed by atoms with Crippen LogP contribution in [0.15, 0.2) is 48.7 Å². The van der Waals surface area contributed by atoms with Gasteiger partial charge in [-0.05, 0) is 62.4 Å². The van der Waals surface area contributed by atoms with E-state index in [1.807, 2.05) is 30.9 Å². The molecule has 0 spiro atoms. The number of nitrogens with one attached hydrogen (secondary N) is 2. The molecule has 11 nitrogen and oxygen atoms in total. The van der Waals surface area contributed by atoms with Gasteiger partial charge in [-0.3, -0.25) is 14.2 Å². The molecule has 0 bridgehead atoms. The lowest BCUT2D eigenvalue weighted by Crippen LogP contribution is -2.40. The minimum atomic E-state index is -3.58. The molecule has 4 aromatic heterocycles. The summed E-state index contributed by atoms with van der Waals surface area (Å²) in [5, 5.41) is 14.6. The fraction of sp³-hybridized carbons (Fsp3) is 0.343.